The summed E-state index contributed by atoms with van der Waals surface area (Å²) in [6.45, 7) is 6.02. The van der Waals surface area contributed by atoms with Crippen molar-refractivity contribution in [1.82, 2.24) is 5.32 Å². The van der Waals surface area contributed by atoms with Gasteiger partial charge in [0, 0.05) is 12.6 Å². The quantitative estimate of drug-likeness (QED) is 0.598. The van der Waals surface area contributed by atoms with Gasteiger partial charge in [-0.05, 0) is 30.7 Å². The van der Waals surface area contributed by atoms with Crippen LogP contribution in [0.2, 0.25) is 0 Å². The van der Waals surface area contributed by atoms with Gasteiger partial charge in [0.05, 0.1) is 5.69 Å². The van der Waals surface area contributed by atoms with Gasteiger partial charge < -0.3 is 15.8 Å². The Morgan fingerprint density at radius 1 is 1.56 bits per heavy atom. The number of hydrogen-bond donors (Lipinski definition) is 2. The zero-order valence-electron chi connectivity index (χ0n) is 9.54. The van der Waals surface area contributed by atoms with Crippen molar-refractivity contribution in [3.05, 3.63) is 35.9 Å². The molecular weight excluding hydrogens is 204 g/mol. The summed E-state index contributed by atoms with van der Waals surface area (Å²) in [5.74, 6) is 0.397. The Morgan fingerprint density at radius 2 is 2.25 bits per heavy atom. The van der Waals surface area contributed by atoms with Crippen LogP contribution in [0.5, 0.6) is 5.75 Å². The second-order valence-corrected chi connectivity index (χ2v) is 3.58. The normalized spacial score (nSPS) is 9.62. The van der Waals surface area contributed by atoms with Gasteiger partial charge in [0.2, 0.25) is 0 Å². The summed E-state index contributed by atoms with van der Waals surface area (Å²) in [6.07, 6.45) is 0. The van der Waals surface area contributed by atoms with E-state index >= 15 is 0 Å². The Hall–Kier alpha value is -1.97. The highest BCUT2D eigenvalue weighted by atomic mass is 16.5. The third-order valence-electron chi connectivity index (χ3n) is 1.97. The molecule has 1 amide bonds. The van der Waals surface area contributed by atoms with Gasteiger partial charge >= 0.3 is 0 Å². The fraction of sp³-hybridized carbons (Fsp3) is 0.250. The van der Waals surface area contributed by atoms with Crippen molar-refractivity contribution in [2.24, 2.45) is 0 Å². The molecule has 0 spiro atoms. The third-order valence-corrected chi connectivity index (χ3v) is 1.97. The maximum atomic E-state index is 11.3. The summed E-state index contributed by atoms with van der Waals surface area (Å²) in [5, 5.41) is 2.53. The van der Waals surface area contributed by atoms with E-state index in [4.69, 9.17) is 10.5 Å². The van der Waals surface area contributed by atoms with Crippen molar-refractivity contribution in [3.63, 3.8) is 0 Å². The molecule has 0 aliphatic heterocycles. The van der Waals surface area contributed by atoms with E-state index in [2.05, 4.69) is 11.9 Å². The third kappa shape index (κ3) is 3.02. The van der Waals surface area contributed by atoms with Gasteiger partial charge in [-0.1, -0.05) is 6.58 Å². The lowest BCUT2D eigenvalue weighted by Gasteiger charge is -2.09. The summed E-state index contributed by atoms with van der Waals surface area (Å²) >= 11 is 0. The van der Waals surface area contributed by atoms with Gasteiger partial charge in [-0.15, -0.1) is 0 Å². The van der Waals surface area contributed by atoms with Gasteiger partial charge in [0.15, 0.2) is 0 Å². The summed E-state index contributed by atoms with van der Waals surface area (Å²) in [4.78, 5) is 11.3. The zero-order valence-corrected chi connectivity index (χ0v) is 9.54. The Bertz CT molecular complexity index is 413. The Labute approximate surface area is 95.1 Å². The molecule has 0 fully saturated rings. The number of nitrogens with one attached hydrogen (secondary N) is 1. The van der Waals surface area contributed by atoms with E-state index in [9.17, 15) is 4.79 Å². The highest BCUT2D eigenvalue weighted by Gasteiger charge is 2.06. The lowest BCUT2D eigenvalue weighted by Crippen LogP contribution is -2.17. The van der Waals surface area contributed by atoms with Crippen molar-refractivity contribution in [2.75, 3.05) is 19.4 Å². The predicted octanol–water partition coefficient (Wildman–Crippen LogP) is 1.58. The van der Waals surface area contributed by atoms with Gasteiger partial charge in [-0.2, -0.15) is 0 Å². The van der Waals surface area contributed by atoms with E-state index < -0.39 is 0 Å². The minimum atomic E-state index is -0.168. The van der Waals surface area contributed by atoms with Crippen LogP contribution in [0.3, 0.4) is 0 Å². The first-order chi connectivity index (χ1) is 7.54. The van der Waals surface area contributed by atoms with E-state index in [1.54, 1.807) is 25.2 Å². The zero-order chi connectivity index (χ0) is 12.1. The molecule has 0 heterocycles. The highest BCUT2D eigenvalue weighted by Crippen LogP contribution is 2.22. The lowest BCUT2D eigenvalue weighted by molar-refractivity contribution is 0.0963. The van der Waals surface area contributed by atoms with Crippen LogP contribution in [-0.2, 0) is 0 Å². The van der Waals surface area contributed by atoms with E-state index in [0.29, 0.717) is 23.6 Å². The molecule has 1 aromatic carbocycles. The summed E-state index contributed by atoms with van der Waals surface area (Å²) in [6, 6.07) is 4.94. The number of rotatable bonds is 4. The molecule has 0 saturated carbocycles. The highest BCUT2D eigenvalue weighted by molar-refractivity contribution is 5.95. The first-order valence-corrected chi connectivity index (χ1v) is 4.93. The van der Waals surface area contributed by atoms with Gasteiger partial charge in [0.25, 0.3) is 5.91 Å². The molecule has 0 radical (unpaired) electrons. The molecule has 3 N–H and O–H groups in total. The van der Waals surface area contributed by atoms with Crippen LogP contribution in [0.1, 0.15) is 17.3 Å². The SMILES string of the molecule is C=C(C)COc1ccc(C(=O)NC)cc1N. The van der Waals surface area contributed by atoms with E-state index in [-0.39, 0.29) is 5.91 Å². The van der Waals surface area contributed by atoms with E-state index in [1.807, 2.05) is 6.92 Å². The van der Waals surface area contributed by atoms with Crippen LogP contribution < -0.4 is 15.8 Å². The molecule has 0 unspecified atom stereocenters. The number of nitrogens with two attached hydrogens (primary N) is 1. The van der Waals surface area contributed by atoms with Crippen LogP contribution in [0, 0.1) is 0 Å². The molecule has 0 aliphatic carbocycles. The standard InChI is InChI=1S/C12H16N2O2/c1-8(2)7-16-11-5-4-9(6-10(11)13)12(15)14-3/h4-6H,1,7,13H2,2-3H3,(H,14,15). The number of ether oxygens (including phenoxy) is 1. The summed E-state index contributed by atoms with van der Waals surface area (Å²) in [7, 11) is 1.57. The molecule has 4 nitrogen and oxygen atoms in total. The van der Waals surface area contributed by atoms with E-state index in [1.165, 1.54) is 0 Å². The lowest BCUT2D eigenvalue weighted by atomic mass is 10.2. The van der Waals surface area contributed by atoms with Crippen LogP contribution >= 0.6 is 0 Å². The van der Waals surface area contributed by atoms with Crippen LogP contribution in [0.4, 0.5) is 5.69 Å². The second kappa shape index (κ2) is 5.21. The Morgan fingerprint density at radius 3 is 2.75 bits per heavy atom. The number of carbonyl (C=O) groups excluding carboxylic acids is 1. The fourth-order valence-electron chi connectivity index (χ4n) is 1.17. The largest absolute Gasteiger partial charge is 0.487 e. The Kier molecular flexibility index (Phi) is 3.94. The van der Waals surface area contributed by atoms with Gasteiger partial charge in [-0.25, -0.2) is 0 Å². The van der Waals surface area contributed by atoms with Crippen LogP contribution in [0.25, 0.3) is 0 Å². The summed E-state index contributed by atoms with van der Waals surface area (Å²) < 4.78 is 5.41. The molecule has 4 heteroatoms. The second-order valence-electron chi connectivity index (χ2n) is 3.58. The first-order valence-electron chi connectivity index (χ1n) is 4.93. The number of nitrogen functional groups attached to an aromatic ring is 1. The topological polar surface area (TPSA) is 64.3 Å². The molecule has 1 aromatic rings. The smallest absolute Gasteiger partial charge is 0.251 e. The average Bonchev–Trinajstić information content (AvgIpc) is 2.26. The number of anilines is 1. The molecule has 1 rings (SSSR count). The molecule has 0 aromatic heterocycles. The molecule has 16 heavy (non-hydrogen) atoms. The average molecular weight is 220 g/mol. The summed E-state index contributed by atoms with van der Waals surface area (Å²) in [5.41, 5.74) is 7.64. The minimum Gasteiger partial charge on any atom is -0.487 e. The predicted molar refractivity (Wildman–Crippen MR) is 64.6 cm³/mol. The molecule has 0 saturated heterocycles. The fourth-order valence-corrected chi connectivity index (χ4v) is 1.17. The van der Waals surface area contributed by atoms with Crippen molar-refractivity contribution in [1.29, 1.82) is 0 Å². The number of benzene rings is 1. The van der Waals surface area contributed by atoms with Crippen LogP contribution in [0.15, 0.2) is 30.4 Å². The molecule has 86 valence electrons. The van der Waals surface area contributed by atoms with Crippen molar-refractivity contribution in [3.8, 4) is 5.75 Å². The first kappa shape index (κ1) is 12.1. The molecular formula is C12H16N2O2. The maximum Gasteiger partial charge on any atom is 0.251 e. The molecule has 0 aliphatic rings. The van der Waals surface area contributed by atoms with Crippen molar-refractivity contribution < 1.29 is 9.53 Å². The van der Waals surface area contributed by atoms with Gasteiger partial charge in [-0.3, -0.25) is 4.79 Å². The minimum absolute atomic E-state index is 0.168. The van der Waals surface area contributed by atoms with Crippen molar-refractivity contribution >= 4 is 11.6 Å². The monoisotopic (exact) mass is 220 g/mol. The Balaban J connectivity index is 2.83. The number of hydrogen-bond acceptors (Lipinski definition) is 3. The van der Waals surface area contributed by atoms with Crippen molar-refractivity contribution in [2.45, 2.75) is 6.92 Å². The number of carbonyl (C=O) groups is 1. The van der Waals surface area contributed by atoms with Crippen LogP contribution in [-0.4, -0.2) is 19.6 Å². The van der Waals surface area contributed by atoms with Gasteiger partial charge in [0.1, 0.15) is 12.4 Å². The molecule has 0 bridgehead atoms. The maximum absolute atomic E-state index is 11.3. The molecule has 0 atom stereocenters. The number of amides is 1. The van der Waals surface area contributed by atoms with E-state index in [0.717, 1.165) is 5.57 Å².